The first-order valence-corrected chi connectivity index (χ1v) is 10.5. The van der Waals surface area contributed by atoms with Crippen LogP contribution in [0.5, 0.6) is 0 Å². The van der Waals surface area contributed by atoms with Crippen molar-refractivity contribution in [3.05, 3.63) is 86.9 Å². The van der Waals surface area contributed by atoms with E-state index in [0.717, 1.165) is 22.5 Å². The number of halogens is 2. The maximum Gasteiger partial charge on any atom is 0.307 e. The van der Waals surface area contributed by atoms with E-state index < -0.39 is 11.8 Å². The molecule has 0 aliphatic heterocycles. The Kier molecular flexibility index (Phi) is 7.23. The Morgan fingerprint density at radius 1 is 1.03 bits per heavy atom. The number of Topliss-reactive ketones (excluding diaryl/α,β-unsaturated/α-hetero) is 1. The molecule has 0 radical (unpaired) electrons. The van der Waals surface area contributed by atoms with Crippen LogP contribution in [0.1, 0.15) is 52.3 Å². The zero-order chi connectivity index (χ0) is 22.5. The third-order valence-corrected chi connectivity index (χ3v) is 5.49. The summed E-state index contributed by atoms with van der Waals surface area (Å²) in [5.74, 6) is -1.46. The van der Waals surface area contributed by atoms with Crippen LogP contribution in [0, 0.1) is 5.82 Å². The molecule has 5 nitrogen and oxygen atoms in total. The Labute approximate surface area is 185 Å². The highest BCUT2D eigenvalue weighted by Crippen LogP contribution is 2.20. The molecule has 0 saturated heterocycles. The van der Waals surface area contributed by atoms with Gasteiger partial charge in [-0.2, -0.15) is 5.10 Å². The third-order valence-electron chi connectivity index (χ3n) is 5.20. The largest absolute Gasteiger partial charge is 0.481 e. The minimum absolute atomic E-state index is 0.000291. The number of hydrogen-bond donors (Lipinski definition) is 1. The van der Waals surface area contributed by atoms with E-state index in [1.165, 1.54) is 12.1 Å². The fourth-order valence-electron chi connectivity index (χ4n) is 3.66. The number of carboxylic acids is 1. The molecule has 0 bridgehead atoms. The van der Waals surface area contributed by atoms with Gasteiger partial charge in [-0.1, -0.05) is 55.8 Å². The number of carboxylic acid groups (broad SMARTS) is 1. The summed E-state index contributed by atoms with van der Waals surface area (Å²) >= 11 is 5.79. The molecule has 3 aromatic rings. The first-order chi connectivity index (χ1) is 14.8. The maximum absolute atomic E-state index is 13.3. The highest BCUT2D eigenvalue weighted by molar-refractivity contribution is 6.30. The fraction of sp³-hybridized carbons (Fsp3) is 0.292. The van der Waals surface area contributed by atoms with E-state index in [-0.39, 0.29) is 23.6 Å². The summed E-state index contributed by atoms with van der Waals surface area (Å²) < 4.78 is 15.2. The molecule has 1 aromatic heterocycles. The molecule has 3 rings (SSSR count). The number of hydrogen-bond acceptors (Lipinski definition) is 3. The van der Waals surface area contributed by atoms with Gasteiger partial charge in [-0.25, -0.2) is 4.39 Å². The quantitative estimate of drug-likeness (QED) is 0.478. The molecule has 0 aliphatic rings. The first-order valence-electron chi connectivity index (χ1n) is 10.2. The molecule has 162 valence electrons. The van der Waals surface area contributed by atoms with Crippen molar-refractivity contribution in [1.82, 2.24) is 9.78 Å². The highest BCUT2D eigenvalue weighted by atomic mass is 35.5. The van der Waals surface area contributed by atoms with Crippen LogP contribution in [0.25, 0.3) is 0 Å². The van der Waals surface area contributed by atoms with Crippen LogP contribution in [0.4, 0.5) is 4.39 Å². The number of nitrogens with zero attached hydrogens (tertiary/aromatic N) is 2. The summed E-state index contributed by atoms with van der Waals surface area (Å²) in [6.07, 6.45) is 1.46. The van der Waals surface area contributed by atoms with Crippen molar-refractivity contribution in [1.29, 1.82) is 0 Å². The summed E-state index contributed by atoms with van der Waals surface area (Å²) in [6, 6.07) is 11.5. The van der Waals surface area contributed by atoms with Crippen molar-refractivity contribution >= 4 is 23.4 Å². The SMILES string of the molecule is CCc1nn(Cc2ccc(C(=O)Cc3ccc(F)c(Cl)c3)cc2)c(CC)c1CC(=O)O. The minimum Gasteiger partial charge on any atom is -0.481 e. The predicted molar refractivity (Wildman–Crippen MR) is 117 cm³/mol. The van der Waals surface area contributed by atoms with Gasteiger partial charge < -0.3 is 5.11 Å². The second kappa shape index (κ2) is 9.88. The maximum atomic E-state index is 13.3. The standard InChI is InChI=1S/C24H24ClFN2O3/c1-3-21-18(13-24(30)31)22(4-2)28(27-21)14-15-5-8-17(9-6-15)23(29)12-16-7-10-20(26)19(25)11-16/h5-11H,3-4,12-14H2,1-2H3,(H,30,31). The van der Waals surface area contributed by atoms with Crippen molar-refractivity contribution in [3.8, 4) is 0 Å². The van der Waals surface area contributed by atoms with Crippen LogP contribution in [0.2, 0.25) is 5.02 Å². The normalized spacial score (nSPS) is 11.0. The average Bonchev–Trinajstić information content (AvgIpc) is 3.06. The molecule has 0 fully saturated rings. The number of benzene rings is 2. The number of rotatable bonds is 9. The summed E-state index contributed by atoms with van der Waals surface area (Å²) in [5.41, 5.74) is 4.70. The molecular formula is C24H24ClFN2O3. The first kappa shape index (κ1) is 22.7. The number of aromatic nitrogens is 2. The molecule has 0 unspecified atom stereocenters. The molecule has 0 atom stereocenters. The van der Waals surface area contributed by atoms with Gasteiger partial charge in [0.2, 0.25) is 0 Å². The van der Waals surface area contributed by atoms with Crippen molar-refractivity contribution in [2.45, 2.75) is 46.1 Å². The molecule has 1 N–H and O–H groups in total. The second-order valence-corrected chi connectivity index (χ2v) is 7.76. The van der Waals surface area contributed by atoms with Gasteiger partial charge >= 0.3 is 5.97 Å². The summed E-state index contributed by atoms with van der Waals surface area (Å²) in [4.78, 5) is 23.8. The molecule has 31 heavy (non-hydrogen) atoms. The van der Waals surface area contributed by atoms with Crippen molar-refractivity contribution in [2.24, 2.45) is 0 Å². The van der Waals surface area contributed by atoms with E-state index in [1.54, 1.807) is 18.2 Å². The Bertz CT molecular complexity index is 1110. The van der Waals surface area contributed by atoms with Crippen molar-refractivity contribution in [2.75, 3.05) is 0 Å². The van der Waals surface area contributed by atoms with E-state index in [4.69, 9.17) is 11.6 Å². The lowest BCUT2D eigenvalue weighted by Gasteiger charge is -2.09. The number of carbonyl (C=O) groups excluding carboxylic acids is 1. The molecule has 0 aliphatic carbocycles. The van der Waals surface area contributed by atoms with Crippen LogP contribution in [0.15, 0.2) is 42.5 Å². The average molecular weight is 443 g/mol. The fourth-order valence-corrected chi connectivity index (χ4v) is 3.86. The summed E-state index contributed by atoms with van der Waals surface area (Å²) in [7, 11) is 0. The van der Waals surface area contributed by atoms with Gasteiger partial charge in [0, 0.05) is 23.2 Å². The Hall–Kier alpha value is -2.99. The van der Waals surface area contributed by atoms with Crippen LogP contribution < -0.4 is 0 Å². The van der Waals surface area contributed by atoms with Gasteiger partial charge in [-0.3, -0.25) is 14.3 Å². The number of carbonyl (C=O) groups is 2. The van der Waals surface area contributed by atoms with Crippen LogP contribution in [-0.2, 0) is 37.0 Å². The zero-order valence-electron chi connectivity index (χ0n) is 17.5. The summed E-state index contributed by atoms with van der Waals surface area (Å²) in [5, 5.41) is 13.8. The number of ketones is 1. The van der Waals surface area contributed by atoms with E-state index in [0.29, 0.717) is 30.5 Å². The van der Waals surface area contributed by atoms with Crippen LogP contribution >= 0.6 is 11.6 Å². The Balaban J connectivity index is 1.76. The molecule has 0 spiro atoms. The van der Waals surface area contributed by atoms with Gasteiger partial charge in [0.1, 0.15) is 5.82 Å². The lowest BCUT2D eigenvalue weighted by molar-refractivity contribution is -0.136. The van der Waals surface area contributed by atoms with E-state index >= 15 is 0 Å². The lowest BCUT2D eigenvalue weighted by Crippen LogP contribution is -2.09. The van der Waals surface area contributed by atoms with E-state index in [9.17, 15) is 19.1 Å². The van der Waals surface area contributed by atoms with Crippen molar-refractivity contribution < 1.29 is 19.1 Å². The predicted octanol–water partition coefficient (Wildman–Crippen LogP) is 4.90. The van der Waals surface area contributed by atoms with Gasteiger partial charge in [0.05, 0.1) is 23.7 Å². The Morgan fingerprint density at radius 3 is 2.29 bits per heavy atom. The van der Waals surface area contributed by atoms with E-state index in [2.05, 4.69) is 5.10 Å². The zero-order valence-corrected chi connectivity index (χ0v) is 18.2. The highest BCUT2D eigenvalue weighted by Gasteiger charge is 2.18. The number of aryl methyl sites for hydroxylation is 1. The van der Waals surface area contributed by atoms with Gasteiger partial charge in [0.15, 0.2) is 5.78 Å². The van der Waals surface area contributed by atoms with Crippen LogP contribution in [0.3, 0.4) is 0 Å². The van der Waals surface area contributed by atoms with Crippen LogP contribution in [-0.4, -0.2) is 26.6 Å². The molecular weight excluding hydrogens is 419 g/mol. The smallest absolute Gasteiger partial charge is 0.307 e. The van der Waals surface area contributed by atoms with Gasteiger partial charge in [-0.15, -0.1) is 0 Å². The minimum atomic E-state index is -0.866. The van der Waals surface area contributed by atoms with Gasteiger partial charge in [0.25, 0.3) is 0 Å². The molecule has 0 amide bonds. The third kappa shape index (κ3) is 5.39. The molecule has 1 heterocycles. The molecule has 2 aromatic carbocycles. The molecule has 0 saturated carbocycles. The monoisotopic (exact) mass is 442 g/mol. The topological polar surface area (TPSA) is 72.2 Å². The Morgan fingerprint density at radius 2 is 1.71 bits per heavy atom. The van der Waals surface area contributed by atoms with E-state index in [1.807, 2.05) is 30.7 Å². The van der Waals surface area contributed by atoms with Gasteiger partial charge in [-0.05, 0) is 36.1 Å². The second-order valence-electron chi connectivity index (χ2n) is 7.35. The van der Waals surface area contributed by atoms with Crippen molar-refractivity contribution in [3.63, 3.8) is 0 Å². The lowest BCUT2D eigenvalue weighted by atomic mass is 10.0. The number of aliphatic carboxylic acids is 1. The summed E-state index contributed by atoms with van der Waals surface area (Å²) in [6.45, 7) is 4.45. The molecule has 7 heteroatoms.